The number of carbonyl (C=O) groups excluding carboxylic acids is 3. The number of allylic oxidation sites excluding steroid dienone is 2. The summed E-state index contributed by atoms with van der Waals surface area (Å²) in [6.45, 7) is 3.72. The zero-order chi connectivity index (χ0) is 11.9. The highest BCUT2D eigenvalue weighted by molar-refractivity contribution is 6.16. The van der Waals surface area contributed by atoms with Crippen LogP contribution >= 0.6 is 0 Å². The maximum atomic E-state index is 11.9. The van der Waals surface area contributed by atoms with E-state index in [-0.39, 0.29) is 0 Å². The van der Waals surface area contributed by atoms with E-state index in [0.29, 0.717) is 16.9 Å². The van der Waals surface area contributed by atoms with Crippen molar-refractivity contribution in [1.82, 2.24) is 4.90 Å². The predicted molar refractivity (Wildman–Crippen MR) is 54.1 cm³/mol. The number of fused-ring (bicyclic) bond motifs is 1. The molecule has 1 saturated heterocycles. The van der Waals surface area contributed by atoms with Gasteiger partial charge in [-0.05, 0) is 12.0 Å². The van der Waals surface area contributed by atoms with E-state index in [1.165, 1.54) is 0 Å². The molecule has 84 valence electrons. The molecule has 0 saturated carbocycles. The van der Waals surface area contributed by atoms with Crippen LogP contribution in [0, 0.1) is 11.8 Å². The Kier molecular flexibility index (Phi) is 2.38. The fraction of sp³-hybridized carbons (Fsp3) is 0.364. The van der Waals surface area contributed by atoms with Gasteiger partial charge in [0.05, 0.1) is 18.9 Å². The van der Waals surface area contributed by atoms with Gasteiger partial charge in [-0.15, -0.1) is 0 Å². The second kappa shape index (κ2) is 3.59. The van der Waals surface area contributed by atoms with Crippen LogP contribution in [0.2, 0.25) is 0 Å². The number of imide groups is 3. The van der Waals surface area contributed by atoms with E-state index in [1.807, 2.05) is 0 Å². The van der Waals surface area contributed by atoms with Crippen molar-refractivity contribution < 1.29 is 19.1 Å². The lowest BCUT2D eigenvalue weighted by molar-refractivity contribution is -0.137. The first kappa shape index (κ1) is 10.6. The Balaban J connectivity index is 2.37. The lowest BCUT2D eigenvalue weighted by Gasteiger charge is -2.17. The van der Waals surface area contributed by atoms with Gasteiger partial charge in [-0.3, -0.25) is 9.59 Å². The summed E-state index contributed by atoms with van der Waals surface area (Å²) in [6.07, 6.45) is 3.04. The van der Waals surface area contributed by atoms with Gasteiger partial charge in [0, 0.05) is 0 Å². The van der Waals surface area contributed by atoms with Gasteiger partial charge in [-0.2, -0.15) is 4.90 Å². The number of amides is 3. The number of likely N-dealkylation sites (tertiary alicyclic amines) is 1. The molecule has 2 atom stereocenters. The Morgan fingerprint density at radius 2 is 2.19 bits per heavy atom. The fourth-order valence-corrected chi connectivity index (χ4v) is 2.12. The molecule has 0 aromatic carbocycles. The number of carbonyl (C=O) groups is 3. The number of ether oxygens (including phenoxy) is 1. The second-order valence-electron chi connectivity index (χ2n) is 3.78. The molecule has 1 aliphatic carbocycles. The first-order valence-electron chi connectivity index (χ1n) is 4.89. The molecular formula is C11H11NO4. The van der Waals surface area contributed by atoms with Gasteiger partial charge in [0.2, 0.25) is 11.8 Å². The standard InChI is InChI=1S/C11H11NO4/c1-6-4-3-5-7-8(6)10(14)12(9(7)13)11(15)16-2/h3-4,7-8H,1,5H2,2H3. The van der Waals surface area contributed by atoms with Gasteiger partial charge in [0.15, 0.2) is 0 Å². The van der Waals surface area contributed by atoms with E-state index in [1.54, 1.807) is 12.2 Å². The van der Waals surface area contributed by atoms with Crippen molar-refractivity contribution in [1.29, 1.82) is 0 Å². The van der Waals surface area contributed by atoms with E-state index in [9.17, 15) is 14.4 Å². The molecule has 0 aromatic rings. The highest BCUT2D eigenvalue weighted by Gasteiger charge is 2.51. The van der Waals surface area contributed by atoms with E-state index in [4.69, 9.17) is 0 Å². The molecule has 0 aromatic heterocycles. The lowest BCUT2D eigenvalue weighted by atomic mass is 9.82. The van der Waals surface area contributed by atoms with Crippen LogP contribution in [0.5, 0.6) is 0 Å². The molecule has 0 N–H and O–H groups in total. The van der Waals surface area contributed by atoms with Crippen LogP contribution in [0.4, 0.5) is 4.79 Å². The van der Waals surface area contributed by atoms with Crippen LogP contribution in [0.25, 0.3) is 0 Å². The molecule has 0 spiro atoms. The quantitative estimate of drug-likeness (QED) is 0.569. The SMILES string of the molecule is C=C1C=CCC2C(=O)N(C(=O)OC)C(=O)C12. The van der Waals surface area contributed by atoms with Gasteiger partial charge in [0.1, 0.15) is 0 Å². The van der Waals surface area contributed by atoms with Crippen molar-refractivity contribution in [2.75, 3.05) is 7.11 Å². The summed E-state index contributed by atoms with van der Waals surface area (Å²) in [5, 5.41) is 0. The van der Waals surface area contributed by atoms with Crippen molar-refractivity contribution in [2.24, 2.45) is 11.8 Å². The molecule has 2 unspecified atom stereocenters. The highest BCUT2D eigenvalue weighted by Crippen LogP contribution is 2.37. The van der Waals surface area contributed by atoms with Gasteiger partial charge >= 0.3 is 6.09 Å². The number of hydrogen-bond donors (Lipinski definition) is 0. The molecule has 1 fully saturated rings. The molecular weight excluding hydrogens is 210 g/mol. The summed E-state index contributed by atoms with van der Waals surface area (Å²) < 4.78 is 4.41. The largest absolute Gasteiger partial charge is 0.452 e. The van der Waals surface area contributed by atoms with Gasteiger partial charge in [-0.1, -0.05) is 18.7 Å². The van der Waals surface area contributed by atoms with E-state index < -0.39 is 29.7 Å². The number of hydrogen-bond acceptors (Lipinski definition) is 4. The van der Waals surface area contributed by atoms with E-state index >= 15 is 0 Å². The lowest BCUT2D eigenvalue weighted by Crippen LogP contribution is -2.37. The summed E-state index contributed by atoms with van der Waals surface area (Å²) in [6, 6.07) is 0. The minimum atomic E-state index is -0.919. The van der Waals surface area contributed by atoms with Crippen molar-refractivity contribution in [3.8, 4) is 0 Å². The van der Waals surface area contributed by atoms with Crippen LogP contribution in [-0.2, 0) is 14.3 Å². The average Bonchev–Trinajstić information content (AvgIpc) is 2.52. The Labute approximate surface area is 92.4 Å². The fourth-order valence-electron chi connectivity index (χ4n) is 2.12. The van der Waals surface area contributed by atoms with Crippen molar-refractivity contribution >= 4 is 17.9 Å². The van der Waals surface area contributed by atoms with Gasteiger partial charge < -0.3 is 4.74 Å². The smallest absolute Gasteiger partial charge is 0.423 e. The third-order valence-corrected chi connectivity index (χ3v) is 2.91. The minimum absolute atomic E-state index is 0.460. The molecule has 1 aliphatic heterocycles. The second-order valence-corrected chi connectivity index (χ2v) is 3.78. The van der Waals surface area contributed by atoms with Gasteiger partial charge in [-0.25, -0.2) is 4.79 Å². The number of nitrogens with zero attached hydrogens (tertiary/aromatic N) is 1. The van der Waals surface area contributed by atoms with Crippen molar-refractivity contribution in [3.63, 3.8) is 0 Å². The zero-order valence-corrected chi connectivity index (χ0v) is 8.80. The molecule has 0 radical (unpaired) electrons. The summed E-state index contributed by atoms with van der Waals surface area (Å²) >= 11 is 0. The topological polar surface area (TPSA) is 63.7 Å². The number of methoxy groups -OCH3 is 1. The van der Waals surface area contributed by atoms with E-state index in [2.05, 4.69) is 11.3 Å². The maximum absolute atomic E-state index is 11.9. The Bertz CT molecular complexity index is 424. The molecule has 5 heteroatoms. The third kappa shape index (κ3) is 1.28. The first-order chi connectivity index (χ1) is 7.57. The summed E-state index contributed by atoms with van der Waals surface area (Å²) in [5.41, 5.74) is 0.570. The normalized spacial score (nSPS) is 28.3. The summed E-state index contributed by atoms with van der Waals surface area (Å²) in [7, 11) is 1.14. The molecule has 2 aliphatic rings. The maximum Gasteiger partial charge on any atom is 0.423 e. The van der Waals surface area contributed by atoms with Crippen LogP contribution in [0.3, 0.4) is 0 Å². The third-order valence-electron chi connectivity index (χ3n) is 2.91. The van der Waals surface area contributed by atoms with Crippen molar-refractivity contribution in [3.05, 3.63) is 24.3 Å². The van der Waals surface area contributed by atoms with E-state index in [0.717, 1.165) is 7.11 Å². The van der Waals surface area contributed by atoms with Crippen LogP contribution in [0.15, 0.2) is 24.3 Å². The number of rotatable bonds is 0. The molecule has 5 nitrogen and oxygen atoms in total. The summed E-state index contributed by atoms with van der Waals surface area (Å²) in [4.78, 5) is 35.6. The highest BCUT2D eigenvalue weighted by atomic mass is 16.5. The molecule has 0 bridgehead atoms. The summed E-state index contributed by atoms with van der Waals surface area (Å²) in [5.74, 6) is -2.12. The average molecular weight is 221 g/mol. The molecule has 2 rings (SSSR count). The molecule has 1 heterocycles. The predicted octanol–water partition coefficient (Wildman–Crippen LogP) is 0.870. The Morgan fingerprint density at radius 3 is 2.75 bits per heavy atom. The Hall–Kier alpha value is -1.91. The Morgan fingerprint density at radius 1 is 1.50 bits per heavy atom. The van der Waals surface area contributed by atoms with Gasteiger partial charge in [0.25, 0.3) is 0 Å². The molecule has 3 amide bonds. The van der Waals surface area contributed by atoms with Crippen LogP contribution in [-0.4, -0.2) is 29.9 Å². The van der Waals surface area contributed by atoms with Crippen LogP contribution < -0.4 is 0 Å². The monoisotopic (exact) mass is 221 g/mol. The molecule has 16 heavy (non-hydrogen) atoms. The first-order valence-corrected chi connectivity index (χ1v) is 4.89. The zero-order valence-electron chi connectivity index (χ0n) is 8.80. The minimum Gasteiger partial charge on any atom is -0.452 e. The van der Waals surface area contributed by atoms with Crippen LogP contribution in [0.1, 0.15) is 6.42 Å². The van der Waals surface area contributed by atoms with Crippen molar-refractivity contribution in [2.45, 2.75) is 6.42 Å².